The summed E-state index contributed by atoms with van der Waals surface area (Å²) in [5.41, 5.74) is 6.58. The maximum atomic E-state index is 13.7. The van der Waals surface area contributed by atoms with Crippen molar-refractivity contribution in [3.8, 4) is 11.5 Å². The van der Waals surface area contributed by atoms with Crippen LogP contribution in [-0.2, 0) is 0 Å². The lowest BCUT2D eigenvalue weighted by atomic mass is 10.2. The molecule has 0 aliphatic rings. The van der Waals surface area contributed by atoms with Gasteiger partial charge in [0, 0.05) is 5.69 Å². The Bertz CT molecular complexity index is 746. The number of aliphatic imine (C=N–C) groups is 1. The largest absolute Gasteiger partial charge is 0.495 e. The Balaban J connectivity index is 0.00000338. The van der Waals surface area contributed by atoms with E-state index in [0.29, 0.717) is 29.4 Å². The molecule has 2 aromatic rings. The Morgan fingerprint density at radius 2 is 2.00 bits per heavy atom. The summed E-state index contributed by atoms with van der Waals surface area (Å²) in [5, 5.41) is 3.41. The molecule has 0 amide bonds. The number of benzene rings is 2. The number of nitrogens with zero attached hydrogens (tertiary/aromatic N) is 1. The topological polar surface area (TPSA) is 68.9 Å². The molecular formula is C18H22ClFIN3O2. The Morgan fingerprint density at radius 3 is 2.62 bits per heavy atom. The fraction of sp³-hybridized carbons (Fsp3) is 0.278. The first kappa shape index (κ1) is 22.3. The van der Waals surface area contributed by atoms with E-state index in [1.165, 1.54) is 6.07 Å². The van der Waals surface area contributed by atoms with Gasteiger partial charge in [0.2, 0.25) is 0 Å². The molecule has 0 saturated carbocycles. The van der Waals surface area contributed by atoms with Crippen molar-refractivity contribution in [2.45, 2.75) is 19.4 Å². The molecule has 1 atom stereocenters. The van der Waals surface area contributed by atoms with E-state index in [1.54, 1.807) is 43.5 Å². The minimum atomic E-state index is -0.399. The quantitative estimate of drug-likeness (QED) is 0.334. The molecule has 26 heavy (non-hydrogen) atoms. The molecular weight excluding hydrogens is 472 g/mol. The number of nitrogens with two attached hydrogens (primary N) is 1. The SMILES string of the molecule is CCC(CN=C(N)Nc1ccc(OC)c(Cl)c1)Oc1ccccc1F.I. The van der Waals surface area contributed by atoms with Crippen molar-refractivity contribution in [2.75, 3.05) is 19.0 Å². The number of hydrogen-bond acceptors (Lipinski definition) is 3. The number of rotatable bonds is 7. The number of anilines is 1. The van der Waals surface area contributed by atoms with Gasteiger partial charge in [-0.2, -0.15) is 0 Å². The first-order valence-corrected chi connectivity index (χ1v) is 8.23. The summed E-state index contributed by atoms with van der Waals surface area (Å²) < 4.78 is 24.4. The van der Waals surface area contributed by atoms with Crippen LogP contribution in [0, 0.1) is 5.82 Å². The maximum absolute atomic E-state index is 13.7. The van der Waals surface area contributed by atoms with E-state index >= 15 is 0 Å². The van der Waals surface area contributed by atoms with Gasteiger partial charge >= 0.3 is 0 Å². The van der Waals surface area contributed by atoms with Crippen LogP contribution in [0.2, 0.25) is 5.02 Å². The fourth-order valence-corrected chi connectivity index (χ4v) is 2.36. The van der Waals surface area contributed by atoms with Gasteiger partial charge in [-0.3, -0.25) is 0 Å². The van der Waals surface area contributed by atoms with Crippen molar-refractivity contribution < 1.29 is 13.9 Å². The molecule has 0 aromatic heterocycles. The molecule has 2 rings (SSSR count). The summed E-state index contributed by atoms with van der Waals surface area (Å²) in [6, 6.07) is 11.5. The van der Waals surface area contributed by atoms with Crippen LogP contribution in [0.4, 0.5) is 10.1 Å². The van der Waals surface area contributed by atoms with Crippen molar-refractivity contribution in [3.05, 3.63) is 53.3 Å². The molecule has 0 aliphatic heterocycles. The van der Waals surface area contributed by atoms with Gasteiger partial charge in [0.1, 0.15) is 11.9 Å². The van der Waals surface area contributed by atoms with Gasteiger partial charge in [-0.25, -0.2) is 9.38 Å². The zero-order chi connectivity index (χ0) is 18.2. The number of halogens is 3. The maximum Gasteiger partial charge on any atom is 0.193 e. The molecule has 1 unspecified atom stereocenters. The van der Waals surface area contributed by atoms with Gasteiger partial charge in [-0.05, 0) is 36.8 Å². The van der Waals surface area contributed by atoms with Crippen LogP contribution < -0.4 is 20.5 Å². The number of methoxy groups -OCH3 is 1. The van der Waals surface area contributed by atoms with Crippen LogP contribution in [0.5, 0.6) is 11.5 Å². The average molecular weight is 494 g/mol. The van der Waals surface area contributed by atoms with Crippen molar-refractivity contribution in [1.82, 2.24) is 0 Å². The van der Waals surface area contributed by atoms with Gasteiger partial charge in [0.25, 0.3) is 0 Å². The van der Waals surface area contributed by atoms with Crippen LogP contribution in [0.15, 0.2) is 47.5 Å². The zero-order valence-electron chi connectivity index (χ0n) is 14.5. The van der Waals surface area contributed by atoms with Crippen LogP contribution in [0.1, 0.15) is 13.3 Å². The Kier molecular flexibility index (Phi) is 9.50. The summed E-state index contributed by atoms with van der Waals surface area (Å²) in [6.45, 7) is 2.24. The molecule has 2 aromatic carbocycles. The number of guanidine groups is 1. The molecule has 0 bridgehead atoms. The Labute approximate surface area is 174 Å². The smallest absolute Gasteiger partial charge is 0.193 e. The summed E-state index contributed by atoms with van der Waals surface area (Å²) in [7, 11) is 1.55. The van der Waals surface area contributed by atoms with Crippen LogP contribution >= 0.6 is 35.6 Å². The van der Waals surface area contributed by atoms with Gasteiger partial charge in [0.05, 0.1) is 18.7 Å². The van der Waals surface area contributed by atoms with Gasteiger partial charge in [0.15, 0.2) is 17.5 Å². The van der Waals surface area contributed by atoms with E-state index in [-0.39, 0.29) is 41.8 Å². The second kappa shape index (κ2) is 11.1. The normalized spacial score (nSPS) is 12.1. The number of nitrogens with one attached hydrogen (secondary N) is 1. The van der Waals surface area contributed by atoms with Crippen molar-refractivity contribution >= 4 is 47.2 Å². The highest BCUT2D eigenvalue weighted by Gasteiger charge is 2.11. The molecule has 5 nitrogen and oxygen atoms in total. The third-order valence-electron chi connectivity index (χ3n) is 3.48. The molecule has 0 spiro atoms. The molecule has 0 radical (unpaired) electrons. The van der Waals surface area contributed by atoms with Crippen LogP contribution in [-0.4, -0.2) is 25.7 Å². The molecule has 142 valence electrons. The highest BCUT2D eigenvalue weighted by Crippen LogP contribution is 2.27. The lowest BCUT2D eigenvalue weighted by molar-refractivity contribution is 0.197. The van der Waals surface area contributed by atoms with E-state index in [0.717, 1.165) is 0 Å². The van der Waals surface area contributed by atoms with Crippen LogP contribution in [0.3, 0.4) is 0 Å². The Morgan fingerprint density at radius 1 is 1.27 bits per heavy atom. The molecule has 0 fully saturated rings. The van der Waals surface area contributed by atoms with Gasteiger partial charge in [-0.15, -0.1) is 24.0 Å². The van der Waals surface area contributed by atoms with E-state index in [4.69, 9.17) is 26.8 Å². The summed E-state index contributed by atoms with van der Waals surface area (Å²) in [5.74, 6) is 0.603. The number of hydrogen-bond donors (Lipinski definition) is 2. The summed E-state index contributed by atoms with van der Waals surface area (Å²) in [6.07, 6.45) is 0.385. The highest BCUT2D eigenvalue weighted by molar-refractivity contribution is 14.0. The molecule has 8 heteroatoms. The first-order chi connectivity index (χ1) is 12.0. The average Bonchev–Trinajstić information content (AvgIpc) is 2.60. The standard InChI is InChI=1S/C18H21ClFN3O2.HI/c1-3-13(25-17-7-5-4-6-15(17)20)11-22-18(21)23-12-8-9-16(24-2)14(19)10-12;/h4-10,13H,3,11H2,1-2H3,(H3,21,22,23);1H. The van der Waals surface area contributed by atoms with E-state index in [1.807, 2.05) is 6.92 Å². The van der Waals surface area contributed by atoms with Gasteiger partial charge < -0.3 is 20.5 Å². The second-order valence-corrected chi connectivity index (χ2v) is 5.69. The summed E-state index contributed by atoms with van der Waals surface area (Å²) in [4.78, 5) is 4.25. The highest BCUT2D eigenvalue weighted by atomic mass is 127. The first-order valence-electron chi connectivity index (χ1n) is 7.85. The minimum Gasteiger partial charge on any atom is -0.495 e. The predicted molar refractivity (Wildman–Crippen MR) is 115 cm³/mol. The van der Waals surface area contributed by atoms with Crippen molar-refractivity contribution in [3.63, 3.8) is 0 Å². The third-order valence-corrected chi connectivity index (χ3v) is 3.77. The number of para-hydroxylation sites is 1. The lowest BCUT2D eigenvalue weighted by Gasteiger charge is -2.16. The third kappa shape index (κ3) is 6.53. The number of ether oxygens (including phenoxy) is 2. The zero-order valence-corrected chi connectivity index (χ0v) is 17.6. The lowest BCUT2D eigenvalue weighted by Crippen LogP contribution is -2.26. The van der Waals surface area contributed by atoms with Crippen molar-refractivity contribution in [2.24, 2.45) is 10.7 Å². The fourth-order valence-electron chi connectivity index (χ4n) is 2.10. The van der Waals surface area contributed by atoms with E-state index in [2.05, 4.69) is 10.3 Å². The summed E-state index contributed by atoms with van der Waals surface area (Å²) >= 11 is 6.07. The van der Waals surface area contributed by atoms with E-state index < -0.39 is 5.82 Å². The Hall–Kier alpha value is -1.74. The van der Waals surface area contributed by atoms with E-state index in [9.17, 15) is 4.39 Å². The molecule has 0 aliphatic carbocycles. The molecule has 0 saturated heterocycles. The predicted octanol–water partition coefficient (Wildman–Crippen LogP) is 4.69. The minimum absolute atomic E-state index is 0. The molecule has 3 N–H and O–H groups in total. The van der Waals surface area contributed by atoms with Crippen molar-refractivity contribution in [1.29, 1.82) is 0 Å². The van der Waals surface area contributed by atoms with Crippen LogP contribution in [0.25, 0.3) is 0 Å². The van der Waals surface area contributed by atoms with Gasteiger partial charge in [-0.1, -0.05) is 30.7 Å². The monoisotopic (exact) mass is 493 g/mol. The molecule has 0 heterocycles. The second-order valence-electron chi connectivity index (χ2n) is 5.28.